The molecule has 1 saturated carbocycles. The second-order valence-electron chi connectivity index (χ2n) is 4.66. The van der Waals surface area contributed by atoms with Crippen LogP contribution in [0.1, 0.15) is 19.3 Å². The van der Waals surface area contributed by atoms with Gasteiger partial charge in [-0.15, -0.1) is 0 Å². The number of pyridine rings is 1. The van der Waals surface area contributed by atoms with E-state index in [9.17, 15) is 0 Å². The van der Waals surface area contributed by atoms with Crippen LogP contribution in [0.25, 0.3) is 0 Å². The zero-order valence-electron chi connectivity index (χ0n) is 8.24. The lowest BCUT2D eigenvalue weighted by molar-refractivity contribution is 0.0896. The van der Waals surface area contributed by atoms with Gasteiger partial charge in [-0.1, -0.05) is 6.42 Å². The molecule has 2 heterocycles. The maximum absolute atomic E-state index is 5.60. The van der Waals surface area contributed by atoms with Gasteiger partial charge in [-0.05, 0) is 25.0 Å². The fourth-order valence-corrected chi connectivity index (χ4v) is 2.50. The summed E-state index contributed by atoms with van der Waals surface area (Å²) in [5.74, 6) is 1.08. The van der Waals surface area contributed by atoms with Gasteiger partial charge in [0.05, 0.1) is 11.9 Å². The molecule has 1 aromatic rings. The molecule has 3 rings (SSSR count). The average Bonchev–Trinajstić information content (AvgIpc) is 2.03. The third-order valence-electron chi connectivity index (χ3n) is 3.56. The summed E-state index contributed by atoms with van der Waals surface area (Å²) in [6.45, 7) is 2.40. The maximum Gasteiger partial charge on any atom is 0.128 e. The molecule has 2 aliphatic rings. The first-order valence-electron chi connectivity index (χ1n) is 5.24. The topological polar surface area (TPSA) is 42.1 Å². The van der Waals surface area contributed by atoms with Crippen LogP contribution < -0.4 is 10.6 Å². The number of hydrogen-bond acceptors (Lipinski definition) is 3. The Balaban J connectivity index is 1.70. The van der Waals surface area contributed by atoms with Crippen LogP contribution in [-0.2, 0) is 0 Å². The van der Waals surface area contributed by atoms with Gasteiger partial charge in [-0.2, -0.15) is 0 Å². The zero-order chi connectivity index (χ0) is 9.60. The number of nitrogens with two attached hydrogens (primary N) is 1. The van der Waals surface area contributed by atoms with Gasteiger partial charge in [0.1, 0.15) is 5.82 Å². The summed E-state index contributed by atoms with van der Waals surface area (Å²) in [6.07, 6.45) is 5.99. The Bertz CT molecular complexity index is 332. The van der Waals surface area contributed by atoms with Gasteiger partial charge in [-0.25, -0.2) is 4.98 Å². The minimum Gasteiger partial charge on any atom is -0.397 e. The maximum atomic E-state index is 5.60. The highest BCUT2D eigenvalue weighted by Crippen LogP contribution is 2.48. The summed E-state index contributed by atoms with van der Waals surface area (Å²) in [7, 11) is 0. The third kappa shape index (κ3) is 1.08. The number of nitrogens with zero attached hydrogens (tertiary/aromatic N) is 2. The molecular formula is C11H15N3. The van der Waals surface area contributed by atoms with Crippen molar-refractivity contribution >= 4 is 11.5 Å². The second kappa shape index (κ2) is 2.62. The van der Waals surface area contributed by atoms with Crippen LogP contribution in [0.5, 0.6) is 0 Å². The summed E-state index contributed by atoms with van der Waals surface area (Å²) in [6, 6.07) is 3.94. The number of anilines is 2. The van der Waals surface area contributed by atoms with Crippen molar-refractivity contribution in [1.29, 1.82) is 0 Å². The van der Waals surface area contributed by atoms with E-state index in [1.54, 1.807) is 6.20 Å². The number of rotatable bonds is 1. The lowest BCUT2D eigenvalue weighted by Gasteiger charge is -2.56. The molecule has 2 fully saturated rings. The van der Waals surface area contributed by atoms with E-state index in [1.165, 1.54) is 32.4 Å². The molecule has 1 saturated heterocycles. The zero-order valence-corrected chi connectivity index (χ0v) is 8.24. The first-order valence-corrected chi connectivity index (χ1v) is 5.24. The van der Waals surface area contributed by atoms with Crippen molar-refractivity contribution < 1.29 is 0 Å². The normalized spacial score (nSPS) is 23.0. The smallest absolute Gasteiger partial charge is 0.128 e. The molecule has 3 nitrogen and oxygen atoms in total. The van der Waals surface area contributed by atoms with Crippen molar-refractivity contribution in [2.24, 2.45) is 5.41 Å². The molecule has 0 atom stereocenters. The minimum absolute atomic E-state index is 0.670. The Labute approximate surface area is 83.9 Å². The SMILES string of the molecule is Nc1ccc(N2CC3(CCC3)C2)nc1. The highest BCUT2D eigenvalue weighted by Gasteiger charge is 2.47. The van der Waals surface area contributed by atoms with E-state index in [2.05, 4.69) is 9.88 Å². The van der Waals surface area contributed by atoms with Crippen molar-refractivity contribution in [2.45, 2.75) is 19.3 Å². The van der Waals surface area contributed by atoms with Gasteiger partial charge in [0, 0.05) is 18.5 Å². The molecule has 14 heavy (non-hydrogen) atoms. The fourth-order valence-electron chi connectivity index (χ4n) is 2.50. The molecule has 3 heteroatoms. The van der Waals surface area contributed by atoms with Crippen molar-refractivity contribution in [3.63, 3.8) is 0 Å². The molecule has 0 amide bonds. The standard InChI is InChI=1S/C11H15N3/c12-9-2-3-10(13-6-9)14-7-11(8-14)4-1-5-11/h2-3,6H,1,4-5,7-8,12H2. The van der Waals surface area contributed by atoms with Crippen molar-refractivity contribution in [2.75, 3.05) is 23.7 Å². The molecule has 0 unspecified atom stereocenters. The molecule has 0 bridgehead atoms. The molecule has 1 aromatic heterocycles. The number of hydrogen-bond donors (Lipinski definition) is 1. The van der Waals surface area contributed by atoms with E-state index in [0.29, 0.717) is 5.41 Å². The van der Waals surface area contributed by atoms with Crippen molar-refractivity contribution in [3.05, 3.63) is 18.3 Å². The Morgan fingerprint density at radius 2 is 2.07 bits per heavy atom. The van der Waals surface area contributed by atoms with E-state index in [1.807, 2.05) is 12.1 Å². The van der Waals surface area contributed by atoms with Gasteiger partial charge < -0.3 is 10.6 Å². The van der Waals surface area contributed by atoms with Gasteiger partial charge in [0.25, 0.3) is 0 Å². The first kappa shape index (κ1) is 8.09. The van der Waals surface area contributed by atoms with Gasteiger partial charge in [0.15, 0.2) is 0 Å². The third-order valence-corrected chi connectivity index (χ3v) is 3.56. The van der Waals surface area contributed by atoms with Crippen LogP contribution in [0.2, 0.25) is 0 Å². The highest BCUT2D eigenvalue weighted by molar-refractivity contribution is 5.48. The molecule has 2 N–H and O–H groups in total. The predicted molar refractivity (Wildman–Crippen MR) is 57.1 cm³/mol. The van der Waals surface area contributed by atoms with E-state index >= 15 is 0 Å². The molecule has 1 spiro atoms. The molecular weight excluding hydrogens is 174 g/mol. The lowest BCUT2D eigenvalue weighted by atomic mass is 9.63. The predicted octanol–water partition coefficient (Wildman–Crippen LogP) is 1.65. The van der Waals surface area contributed by atoms with Gasteiger partial charge >= 0.3 is 0 Å². The molecule has 0 radical (unpaired) electrons. The largest absolute Gasteiger partial charge is 0.397 e. The van der Waals surface area contributed by atoms with Crippen molar-refractivity contribution in [1.82, 2.24) is 4.98 Å². The Hall–Kier alpha value is -1.25. The van der Waals surface area contributed by atoms with E-state index in [0.717, 1.165) is 11.5 Å². The monoisotopic (exact) mass is 189 g/mol. The molecule has 1 aliphatic carbocycles. The summed E-state index contributed by atoms with van der Waals surface area (Å²) in [4.78, 5) is 6.67. The highest BCUT2D eigenvalue weighted by atomic mass is 15.3. The summed E-state index contributed by atoms with van der Waals surface area (Å²) in [5.41, 5.74) is 7.01. The van der Waals surface area contributed by atoms with Gasteiger partial charge in [-0.3, -0.25) is 0 Å². The molecule has 0 aromatic carbocycles. The van der Waals surface area contributed by atoms with Crippen LogP contribution in [0, 0.1) is 5.41 Å². The summed E-state index contributed by atoms with van der Waals surface area (Å²) in [5, 5.41) is 0. The van der Waals surface area contributed by atoms with E-state index in [4.69, 9.17) is 5.73 Å². The van der Waals surface area contributed by atoms with Crippen LogP contribution >= 0.6 is 0 Å². The van der Waals surface area contributed by atoms with Crippen LogP contribution in [0.4, 0.5) is 11.5 Å². The van der Waals surface area contributed by atoms with Crippen molar-refractivity contribution in [3.8, 4) is 0 Å². The van der Waals surface area contributed by atoms with Crippen LogP contribution in [0.3, 0.4) is 0 Å². The average molecular weight is 189 g/mol. The Morgan fingerprint density at radius 1 is 1.29 bits per heavy atom. The second-order valence-corrected chi connectivity index (χ2v) is 4.66. The summed E-state index contributed by atoms with van der Waals surface area (Å²) < 4.78 is 0. The molecule has 74 valence electrons. The fraction of sp³-hybridized carbons (Fsp3) is 0.545. The summed E-state index contributed by atoms with van der Waals surface area (Å²) >= 11 is 0. The first-order chi connectivity index (χ1) is 6.77. The Kier molecular flexibility index (Phi) is 1.52. The van der Waals surface area contributed by atoms with Gasteiger partial charge in [0.2, 0.25) is 0 Å². The van der Waals surface area contributed by atoms with Crippen LogP contribution in [0.15, 0.2) is 18.3 Å². The number of nitrogen functional groups attached to an aromatic ring is 1. The Morgan fingerprint density at radius 3 is 2.57 bits per heavy atom. The quantitative estimate of drug-likeness (QED) is 0.730. The minimum atomic E-state index is 0.670. The van der Waals surface area contributed by atoms with Crippen LogP contribution in [-0.4, -0.2) is 18.1 Å². The van der Waals surface area contributed by atoms with E-state index in [-0.39, 0.29) is 0 Å². The molecule has 1 aliphatic heterocycles. The number of aromatic nitrogens is 1. The van der Waals surface area contributed by atoms with E-state index < -0.39 is 0 Å². The lowest BCUT2D eigenvalue weighted by Crippen LogP contribution is -2.60.